The monoisotopic (exact) mass is 338 g/mol. The molecule has 0 radical (unpaired) electrons. The molecule has 1 aromatic carbocycles. The molecule has 0 unspecified atom stereocenters. The van der Waals surface area contributed by atoms with Gasteiger partial charge in [-0.3, -0.25) is 14.6 Å². The fourth-order valence-electron chi connectivity index (χ4n) is 3.12. The molecule has 1 aliphatic heterocycles. The highest BCUT2D eigenvalue weighted by molar-refractivity contribution is 5.96. The summed E-state index contributed by atoms with van der Waals surface area (Å²) in [7, 11) is 0. The Hall–Kier alpha value is -2.89. The summed E-state index contributed by atoms with van der Waals surface area (Å²) >= 11 is 0. The second kappa shape index (κ2) is 7.34. The smallest absolute Gasteiger partial charge is 0.251 e. The lowest BCUT2D eigenvalue weighted by atomic mass is 10.0. The largest absolute Gasteiger partial charge is 0.397 e. The van der Waals surface area contributed by atoms with Gasteiger partial charge in [0.05, 0.1) is 17.9 Å². The number of amides is 2. The molecule has 0 bridgehead atoms. The van der Waals surface area contributed by atoms with Gasteiger partial charge in [0.25, 0.3) is 5.91 Å². The number of nitrogens with one attached hydrogen (secondary N) is 1. The first kappa shape index (κ1) is 17.0. The van der Waals surface area contributed by atoms with E-state index in [2.05, 4.69) is 10.3 Å². The average molecular weight is 338 g/mol. The molecule has 130 valence electrons. The van der Waals surface area contributed by atoms with Gasteiger partial charge in [-0.15, -0.1) is 0 Å². The molecule has 1 aliphatic rings. The molecule has 0 spiro atoms. The second-order valence-corrected chi connectivity index (χ2v) is 6.26. The fourth-order valence-corrected chi connectivity index (χ4v) is 3.12. The van der Waals surface area contributed by atoms with Crippen molar-refractivity contribution in [3.63, 3.8) is 0 Å². The highest BCUT2D eigenvalue weighted by Gasteiger charge is 2.30. The van der Waals surface area contributed by atoms with Crippen molar-refractivity contribution in [2.45, 2.75) is 25.8 Å². The number of hydrogen-bond acceptors (Lipinski definition) is 4. The zero-order valence-electron chi connectivity index (χ0n) is 14.2. The number of nitrogen functional groups attached to an aromatic ring is 1. The molecule has 2 aromatic rings. The predicted molar refractivity (Wildman–Crippen MR) is 96.8 cm³/mol. The van der Waals surface area contributed by atoms with Crippen LogP contribution < -0.4 is 11.1 Å². The standard InChI is InChI=1S/C19H22N4O2/c1-2-8-23-12-15(10-18(23)24)22-19(25)14-5-3-4-13(9-14)16-6-7-21-11-17(16)20/h3-7,9,11,15H,2,8,10,12,20H2,1H3,(H,22,25)/t15-/m0/s1. The van der Waals surface area contributed by atoms with Crippen molar-refractivity contribution in [2.75, 3.05) is 18.8 Å². The minimum absolute atomic E-state index is 0.102. The third-order valence-corrected chi connectivity index (χ3v) is 4.33. The molecule has 2 heterocycles. The van der Waals surface area contributed by atoms with E-state index in [0.717, 1.165) is 24.1 Å². The number of nitrogens with two attached hydrogens (primary N) is 1. The van der Waals surface area contributed by atoms with E-state index in [9.17, 15) is 9.59 Å². The predicted octanol–water partition coefficient (Wildman–Crippen LogP) is 2.07. The van der Waals surface area contributed by atoms with E-state index < -0.39 is 0 Å². The van der Waals surface area contributed by atoms with Gasteiger partial charge >= 0.3 is 0 Å². The maximum Gasteiger partial charge on any atom is 0.251 e. The SMILES string of the molecule is CCCN1C[C@@H](NC(=O)c2cccc(-c3ccncc3N)c2)CC1=O. The molecule has 6 heteroatoms. The number of benzene rings is 1. The molecule has 3 N–H and O–H groups in total. The number of rotatable bonds is 5. The minimum atomic E-state index is -0.175. The molecule has 1 saturated heterocycles. The Morgan fingerprint density at radius 3 is 3.00 bits per heavy atom. The van der Waals surface area contributed by atoms with Crippen LogP contribution in [-0.4, -0.2) is 40.8 Å². The molecule has 0 saturated carbocycles. The fraction of sp³-hybridized carbons (Fsp3) is 0.316. The first-order valence-corrected chi connectivity index (χ1v) is 8.47. The molecule has 3 rings (SSSR count). The summed E-state index contributed by atoms with van der Waals surface area (Å²) in [6, 6.07) is 8.99. The van der Waals surface area contributed by atoms with Crippen LogP contribution in [0.25, 0.3) is 11.1 Å². The molecule has 1 fully saturated rings. The van der Waals surface area contributed by atoms with Crippen LogP contribution in [0.1, 0.15) is 30.1 Å². The van der Waals surface area contributed by atoms with E-state index in [0.29, 0.717) is 24.2 Å². The van der Waals surface area contributed by atoms with Crippen LogP contribution >= 0.6 is 0 Å². The maximum absolute atomic E-state index is 12.6. The number of nitrogens with zero attached hydrogens (tertiary/aromatic N) is 2. The van der Waals surface area contributed by atoms with Crippen molar-refractivity contribution in [2.24, 2.45) is 0 Å². The van der Waals surface area contributed by atoms with Gasteiger partial charge in [-0.25, -0.2) is 0 Å². The van der Waals surface area contributed by atoms with Crippen LogP contribution in [0.15, 0.2) is 42.7 Å². The maximum atomic E-state index is 12.6. The molecule has 6 nitrogen and oxygen atoms in total. The normalized spacial score (nSPS) is 16.9. The first-order valence-electron chi connectivity index (χ1n) is 8.47. The molecule has 0 aliphatic carbocycles. The van der Waals surface area contributed by atoms with Gasteiger partial charge in [0.1, 0.15) is 0 Å². The van der Waals surface area contributed by atoms with E-state index in [-0.39, 0.29) is 17.9 Å². The summed E-state index contributed by atoms with van der Waals surface area (Å²) in [6.45, 7) is 3.35. The summed E-state index contributed by atoms with van der Waals surface area (Å²) < 4.78 is 0. The van der Waals surface area contributed by atoms with Gasteiger partial charge in [0.2, 0.25) is 5.91 Å². The van der Waals surface area contributed by atoms with Gasteiger partial charge in [0, 0.05) is 36.8 Å². The highest BCUT2D eigenvalue weighted by Crippen LogP contribution is 2.25. The van der Waals surface area contributed by atoms with E-state index in [1.54, 1.807) is 23.4 Å². The van der Waals surface area contributed by atoms with E-state index in [4.69, 9.17) is 5.73 Å². The third kappa shape index (κ3) is 3.79. The van der Waals surface area contributed by atoms with Crippen LogP contribution in [0, 0.1) is 0 Å². The van der Waals surface area contributed by atoms with Gasteiger partial charge in [-0.1, -0.05) is 19.1 Å². The zero-order chi connectivity index (χ0) is 17.8. The zero-order valence-corrected chi connectivity index (χ0v) is 14.2. The van der Waals surface area contributed by atoms with Crippen LogP contribution in [0.2, 0.25) is 0 Å². The Balaban J connectivity index is 1.72. The van der Waals surface area contributed by atoms with Crippen molar-refractivity contribution in [1.29, 1.82) is 0 Å². The lowest BCUT2D eigenvalue weighted by Crippen LogP contribution is -2.37. The Bertz CT molecular complexity index is 790. The van der Waals surface area contributed by atoms with Crippen molar-refractivity contribution >= 4 is 17.5 Å². The average Bonchev–Trinajstić information content (AvgIpc) is 2.95. The Morgan fingerprint density at radius 2 is 2.24 bits per heavy atom. The number of anilines is 1. The quantitative estimate of drug-likeness (QED) is 0.873. The Kier molecular flexibility index (Phi) is 4.97. The summed E-state index contributed by atoms with van der Waals surface area (Å²) in [4.78, 5) is 30.3. The van der Waals surface area contributed by atoms with E-state index in [1.807, 2.05) is 31.2 Å². The lowest BCUT2D eigenvalue weighted by molar-refractivity contribution is -0.127. The van der Waals surface area contributed by atoms with Crippen molar-refractivity contribution in [3.8, 4) is 11.1 Å². The summed E-state index contributed by atoms with van der Waals surface area (Å²) in [5.74, 6) is -0.0731. The molecular weight excluding hydrogens is 316 g/mol. The van der Waals surface area contributed by atoms with Crippen LogP contribution in [0.3, 0.4) is 0 Å². The molecule has 25 heavy (non-hydrogen) atoms. The third-order valence-electron chi connectivity index (χ3n) is 4.33. The van der Waals surface area contributed by atoms with Crippen molar-refractivity contribution in [3.05, 3.63) is 48.3 Å². The van der Waals surface area contributed by atoms with Gasteiger partial charge < -0.3 is 16.0 Å². The Labute approximate surface area is 147 Å². The van der Waals surface area contributed by atoms with Crippen LogP contribution in [0.4, 0.5) is 5.69 Å². The Morgan fingerprint density at radius 1 is 1.40 bits per heavy atom. The van der Waals surface area contributed by atoms with Crippen molar-refractivity contribution < 1.29 is 9.59 Å². The lowest BCUT2D eigenvalue weighted by Gasteiger charge is -2.16. The van der Waals surface area contributed by atoms with E-state index >= 15 is 0 Å². The molecular formula is C19H22N4O2. The van der Waals surface area contributed by atoms with Gasteiger partial charge in [-0.2, -0.15) is 0 Å². The van der Waals surface area contributed by atoms with Gasteiger partial charge in [-0.05, 0) is 30.2 Å². The number of pyridine rings is 1. The first-order chi connectivity index (χ1) is 12.1. The van der Waals surface area contributed by atoms with Crippen molar-refractivity contribution in [1.82, 2.24) is 15.2 Å². The minimum Gasteiger partial charge on any atom is -0.397 e. The highest BCUT2D eigenvalue weighted by atomic mass is 16.2. The summed E-state index contributed by atoms with van der Waals surface area (Å²) in [5.41, 5.74) is 8.79. The number of likely N-dealkylation sites (tertiary alicyclic amines) is 1. The van der Waals surface area contributed by atoms with Crippen LogP contribution in [-0.2, 0) is 4.79 Å². The number of hydrogen-bond donors (Lipinski definition) is 2. The van der Waals surface area contributed by atoms with Gasteiger partial charge in [0.15, 0.2) is 0 Å². The molecule has 1 aromatic heterocycles. The second-order valence-electron chi connectivity index (χ2n) is 6.26. The summed E-state index contributed by atoms with van der Waals surface area (Å²) in [6.07, 6.45) is 4.55. The molecule has 1 atom stereocenters. The topological polar surface area (TPSA) is 88.3 Å². The number of carbonyl (C=O) groups is 2. The number of carbonyl (C=O) groups excluding carboxylic acids is 2. The number of aromatic nitrogens is 1. The van der Waals surface area contributed by atoms with E-state index in [1.165, 1.54) is 0 Å². The van der Waals surface area contributed by atoms with Crippen LogP contribution in [0.5, 0.6) is 0 Å². The summed E-state index contributed by atoms with van der Waals surface area (Å²) in [5, 5.41) is 2.96. The molecule has 2 amide bonds.